The fraction of sp³-hybridized carbons (Fsp3) is 0.533. The minimum Gasteiger partial charge on any atom is -0.365 e. The number of halogens is 3. The predicted molar refractivity (Wildman–Crippen MR) is 105 cm³/mol. The van der Waals surface area contributed by atoms with Gasteiger partial charge in [-0.2, -0.15) is 11.8 Å². The van der Waals surface area contributed by atoms with Gasteiger partial charge in [0.15, 0.2) is 5.96 Å². The standard InChI is InChI=1S/C15H22F2N4S.HI/c1-18-15(19-7-9-22-2)20-11-6-8-21(10-11)14-12(16)4-3-5-13(14)17;/h3-5,11H,6-10H2,1-2H3,(H2,18,19,20);1H. The Hall–Kier alpha value is -0.770. The van der Waals surface area contributed by atoms with Crippen molar-refractivity contribution in [2.24, 2.45) is 4.99 Å². The smallest absolute Gasteiger partial charge is 0.191 e. The second-order valence-corrected chi connectivity index (χ2v) is 6.12. The molecule has 2 rings (SSSR count). The number of para-hydroxylation sites is 1. The lowest BCUT2D eigenvalue weighted by Crippen LogP contribution is -2.45. The summed E-state index contributed by atoms with van der Waals surface area (Å²) >= 11 is 1.76. The second kappa shape index (κ2) is 10.2. The lowest BCUT2D eigenvalue weighted by atomic mass is 10.2. The Bertz CT molecular complexity index is 510. The first-order valence-electron chi connectivity index (χ1n) is 7.30. The summed E-state index contributed by atoms with van der Waals surface area (Å²) in [6, 6.07) is 4.10. The molecule has 8 heteroatoms. The SMILES string of the molecule is CN=C(NCCSC)NC1CCN(c2c(F)cccc2F)C1.I. The monoisotopic (exact) mass is 456 g/mol. The third-order valence-corrected chi connectivity index (χ3v) is 4.22. The first kappa shape index (κ1) is 20.3. The number of anilines is 1. The van der Waals surface area contributed by atoms with E-state index in [-0.39, 0.29) is 35.7 Å². The third kappa shape index (κ3) is 5.66. The maximum absolute atomic E-state index is 13.8. The summed E-state index contributed by atoms with van der Waals surface area (Å²) in [7, 11) is 1.72. The van der Waals surface area contributed by atoms with Crippen molar-refractivity contribution in [3.8, 4) is 0 Å². The van der Waals surface area contributed by atoms with Gasteiger partial charge >= 0.3 is 0 Å². The van der Waals surface area contributed by atoms with Crippen LogP contribution in [0.2, 0.25) is 0 Å². The molecule has 1 unspecified atom stereocenters. The third-order valence-electron chi connectivity index (χ3n) is 3.61. The van der Waals surface area contributed by atoms with E-state index in [4.69, 9.17) is 0 Å². The largest absolute Gasteiger partial charge is 0.365 e. The zero-order valence-corrected chi connectivity index (χ0v) is 16.5. The van der Waals surface area contributed by atoms with Crippen molar-refractivity contribution in [1.82, 2.24) is 10.6 Å². The average molecular weight is 456 g/mol. The predicted octanol–water partition coefficient (Wildman–Crippen LogP) is 2.69. The van der Waals surface area contributed by atoms with Crippen LogP contribution in [0.5, 0.6) is 0 Å². The van der Waals surface area contributed by atoms with Crippen LogP contribution >= 0.6 is 35.7 Å². The highest BCUT2D eigenvalue weighted by Gasteiger charge is 2.27. The Morgan fingerprint density at radius 1 is 1.39 bits per heavy atom. The number of benzene rings is 1. The van der Waals surface area contributed by atoms with Crippen molar-refractivity contribution >= 4 is 47.4 Å². The van der Waals surface area contributed by atoms with E-state index in [0.29, 0.717) is 13.1 Å². The quantitative estimate of drug-likeness (QED) is 0.310. The van der Waals surface area contributed by atoms with E-state index in [0.717, 1.165) is 24.7 Å². The van der Waals surface area contributed by atoms with E-state index in [1.807, 2.05) is 0 Å². The lowest BCUT2D eigenvalue weighted by molar-refractivity contribution is 0.576. The number of hydrogen-bond donors (Lipinski definition) is 2. The number of nitrogens with one attached hydrogen (secondary N) is 2. The summed E-state index contributed by atoms with van der Waals surface area (Å²) in [5.41, 5.74) is 0.0668. The molecule has 0 amide bonds. The average Bonchev–Trinajstić information content (AvgIpc) is 2.94. The first-order valence-corrected chi connectivity index (χ1v) is 8.70. The van der Waals surface area contributed by atoms with Crippen LogP contribution in [0.15, 0.2) is 23.2 Å². The topological polar surface area (TPSA) is 39.7 Å². The second-order valence-electron chi connectivity index (χ2n) is 5.14. The minimum absolute atomic E-state index is 0. The fourth-order valence-electron chi connectivity index (χ4n) is 2.53. The molecule has 0 radical (unpaired) electrons. The van der Waals surface area contributed by atoms with Crippen LogP contribution in [0.1, 0.15) is 6.42 Å². The van der Waals surface area contributed by atoms with Crippen LogP contribution in [0.25, 0.3) is 0 Å². The highest BCUT2D eigenvalue weighted by molar-refractivity contribution is 14.0. The number of thioether (sulfide) groups is 1. The van der Waals surface area contributed by atoms with Crippen LogP contribution in [0, 0.1) is 11.6 Å². The molecular formula is C15H23F2IN4S. The number of hydrogen-bond acceptors (Lipinski definition) is 3. The van der Waals surface area contributed by atoms with Crippen molar-refractivity contribution in [1.29, 1.82) is 0 Å². The van der Waals surface area contributed by atoms with Gasteiger partial charge in [-0.25, -0.2) is 8.78 Å². The molecule has 2 N–H and O–H groups in total. The Morgan fingerprint density at radius 3 is 2.70 bits per heavy atom. The summed E-state index contributed by atoms with van der Waals surface area (Å²) < 4.78 is 27.6. The first-order chi connectivity index (χ1) is 10.7. The number of guanidine groups is 1. The molecule has 23 heavy (non-hydrogen) atoms. The summed E-state index contributed by atoms with van der Waals surface area (Å²) in [4.78, 5) is 5.92. The molecule has 1 aromatic carbocycles. The fourth-order valence-corrected chi connectivity index (χ4v) is 2.84. The molecule has 0 aliphatic carbocycles. The van der Waals surface area contributed by atoms with Gasteiger partial charge in [-0.3, -0.25) is 4.99 Å². The highest BCUT2D eigenvalue weighted by Crippen LogP contribution is 2.26. The summed E-state index contributed by atoms with van der Waals surface area (Å²) in [6.07, 6.45) is 2.87. The van der Waals surface area contributed by atoms with Crippen LogP contribution in [-0.4, -0.2) is 50.7 Å². The molecule has 1 heterocycles. The number of aliphatic imine (C=N–C) groups is 1. The molecule has 0 aromatic heterocycles. The molecule has 130 valence electrons. The van der Waals surface area contributed by atoms with Gasteiger partial charge in [0.25, 0.3) is 0 Å². The Labute approximate surface area is 157 Å². The molecule has 1 aliphatic heterocycles. The Kier molecular flexibility index (Phi) is 8.96. The van der Waals surface area contributed by atoms with E-state index in [1.54, 1.807) is 23.7 Å². The zero-order valence-electron chi connectivity index (χ0n) is 13.3. The van der Waals surface area contributed by atoms with Crippen molar-refractivity contribution < 1.29 is 8.78 Å². The van der Waals surface area contributed by atoms with E-state index in [9.17, 15) is 8.78 Å². The van der Waals surface area contributed by atoms with E-state index in [2.05, 4.69) is 21.9 Å². The van der Waals surface area contributed by atoms with Crippen molar-refractivity contribution in [3.63, 3.8) is 0 Å². The van der Waals surface area contributed by atoms with Gasteiger partial charge in [-0.1, -0.05) is 6.07 Å². The van der Waals surface area contributed by atoms with Crippen LogP contribution in [0.4, 0.5) is 14.5 Å². The Morgan fingerprint density at radius 2 is 2.09 bits per heavy atom. The lowest BCUT2D eigenvalue weighted by Gasteiger charge is -2.21. The van der Waals surface area contributed by atoms with Crippen LogP contribution < -0.4 is 15.5 Å². The summed E-state index contributed by atoms with van der Waals surface area (Å²) in [5.74, 6) is 0.707. The molecule has 1 atom stereocenters. The van der Waals surface area contributed by atoms with Gasteiger partial charge in [0, 0.05) is 38.5 Å². The summed E-state index contributed by atoms with van der Waals surface area (Å²) in [6.45, 7) is 2.01. The van der Waals surface area contributed by atoms with Gasteiger partial charge in [-0.05, 0) is 24.8 Å². The molecule has 4 nitrogen and oxygen atoms in total. The normalized spacial score (nSPS) is 17.8. The zero-order chi connectivity index (χ0) is 15.9. The van der Waals surface area contributed by atoms with Gasteiger partial charge in [0.05, 0.1) is 0 Å². The Balaban J connectivity index is 0.00000264. The van der Waals surface area contributed by atoms with E-state index >= 15 is 0 Å². The number of nitrogens with zero attached hydrogens (tertiary/aromatic N) is 2. The molecule has 1 aliphatic rings. The molecule has 1 aromatic rings. The minimum atomic E-state index is -0.511. The molecule has 1 fully saturated rings. The maximum atomic E-state index is 13.8. The molecular weight excluding hydrogens is 433 g/mol. The van der Waals surface area contributed by atoms with Crippen LogP contribution in [-0.2, 0) is 0 Å². The molecule has 0 bridgehead atoms. The van der Waals surface area contributed by atoms with Gasteiger partial charge < -0.3 is 15.5 Å². The summed E-state index contributed by atoms with van der Waals surface area (Å²) in [5, 5.41) is 6.53. The van der Waals surface area contributed by atoms with Gasteiger partial charge in [0.1, 0.15) is 17.3 Å². The van der Waals surface area contributed by atoms with E-state index in [1.165, 1.54) is 18.2 Å². The highest BCUT2D eigenvalue weighted by atomic mass is 127. The van der Waals surface area contributed by atoms with Crippen molar-refractivity contribution in [2.75, 3.05) is 43.6 Å². The van der Waals surface area contributed by atoms with Crippen molar-refractivity contribution in [3.05, 3.63) is 29.8 Å². The van der Waals surface area contributed by atoms with E-state index < -0.39 is 11.6 Å². The van der Waals surface area contributed by atoms with Gasteiger partial charge in [0.2, 0.25) is 0 Å². The van der Waals surface area contributed by atoms with Crippen molar-refractivity contribution in [2.45, 2.75) is 12.5 Å². The molecule has 0 saturated carbocycles. The molecule has 0 spiro atoms. The maximum Gasteiger partial charge on any atom is 0.191 e. The number of rotatable bonds is 5. The van der Waals surface area contributed by atoms with Gasteiger partial charge in [-0.15, -0.1) is 24.0 Å². The molecule has 1 saturated heterocycles. The van der Waals surface area contributed by atoms with Crippen LogP contribution in [0.3, 0.4) is 0 Å².